The number of aliphatic carboxylic acids is 1. The van der Waals surface area contributed by atoms with E-state index in [0.29, 0.717) is 12.0 Å². The topological polar surface area (TPSA) is 63.3 Å². The summed E-state index contributed by atoms with van der Waals surface area (Å²) < 4.78 is 25.9. The van der Waals surface area contributed by atoms with Gasteiger partial charge in [-0.2, -0.15) is 0 Å². The monoisotopic (exact) mass is 243 g/mol. The molecule has 17 heavy (non-hydrogen) atoms. The van der Waals surface area contributed by atoms with E-state index in [9.17, 15) is 13.6 Å². The van der Waals surface area contributed by atoms with Crippen LogP contribution in [0.2, 0.25) is 0 Å². The second kappa shape index (κ2) is 5.72. The second-order valence-electron chi connectivity index (χ2n) is 3.95. The summed E-state index contributed by atoms with van der Waals surface area (Å²) in [6, 6.07) is 2.98. The van der Waals surface area contributed by atoms with Crippen LogP contribution in [-0.4, -0.2) is 17.1 Å². The summed E-state index contributed by atoms with van der Waals surface area (Å²) in [7, 11) is 0. The number of rotatable bonds is 5. The van der Waals surface area contributed by atoms with Crippen molar-refractivity contribution in [3.63, 3.8) is 0 Å². The van der Waals surface area contributed by atoms with Crippen molar-refractivity contribution in [2.24, 2.45) is 5.73 Å². The van der Waals surface area contributed by atoms with Crippen molar-refractivity contribution in [1.82, 2.24) is 0 Å². The zero-order valence-corrected chi connectivity index (χ0v) is 9.49. The van der Waals surface area contributed by atoms with Crippen molar-refractivity contribution in [3.8, 4) is 0 Å². The Morgan fingerprint density at radius 3 is 2.53 bits per heavy atom. The van der Waals surface area contributed by atoms with Crippen LogP contribution in [0.5, 0.6) is 0 Å². The Kier molecular flexibility index (Phi) is 4.57. The van der Waals surface area contributed by atoms with Crippen LogP contribution >= 0.6 is 0 Å². The van der Waals surface area contributed by atoms with E-state index >= 15 is 0 Å². The van der Waals surface area contributed by atoms with Gasteiger partial charge in [0.1, 0.15) is 0 Å². The van der Waals surface area contributed by atoms with Gasteiger partial charge in [0.05, 0.1) is 6.42 Å². The van der Waals surface area contributed by atoms with Crippen LogP contribution in [0, 0.1) is 11.6 Å². The summed E-state index contributed by atoms with van der Waals surface area (Å²) in [6.07, 6.45) is 0.372. The molecule has 0 aliphatic rings. The van der Waals surface area contributed by atoms with E-state index in [-0.39, 0.29) is 6.42 Å². The van der Waals surface area contributed by atoms with E-state index < -0.39 is 29.6 Å². The molecule has 0 aliphatic carbocycles. The first kappa shape index (κ1) is 13.6. The zero-order valence-electron chi connectivity index (χ0n) is 9.49. The van der Waals surface area contributed by atoms with Gasteiger partial charge in [0.2, 0.25) is 0 Å². The van der Waals surface area contributed by atoms with Gasteiger partial charge in [-0.15, -0.1) is 0 Å². The van der Waals surface area contributed by atoms with Crippen LogP contribution in [0.4, 0.5) is 8.78 Å². The van der Waals surface area contributed by atoms with Crippen LogP contribution in [0.1, 0.15) is 31.2 Å². The number of nitrogens with two attached hydrogens (primary N) is 1. The lowest BCUT2D eigenvalue weighted by molar-refractivity contribution is -0.137. The largest absolute Gasteiger partial charge is 0.481 e. The SMILES string of the molecule is CCC(N)C(CC(=O)O)c1ccc(F)c(F)c1. The number of carboxylic acids is 1. The van der Waals surface area contributed by atoms with E-state index in [4.69, 9.17) is 10.8 Å². The predicted molar refractivity (Wildman–Crippen MR) is 59.6 cm³/mol. The Morgan fingerprint density at radius 1 is 1.41 bits per heavy atom. The number of benzene rings is 1. The van der Waals surface area contributed by atoms with Crippen LogP contribution in [0.25, 0.3) is 0 Å². The maximum Gasteiger partial charge on any atom is 0.304 e. The quantitative estimate of drug-likeness (QED) is 0.833. The number of carboxylic acid groups (broad SMARTS) is 1. The molecule has 1 aromatic carbocycles. The molecule has 5 heteroatoms. The molecule has 0 aromatic heterocycles. The van der Waals surface area contributed by atoms with Crippen molar-refractivity contribution >= 4 is 5.97 Å². The fourth-order valence-electron chi connectivity index (χ4n) is 1.73. The van der Waals surface area contributed by atoms with E-state index in [0.717, 1.165) is 12.1 Å². The van der Waals surface area contributed by atoms with Gasteiger partial charge < -0.3 is 10.8 Å². The van der Waals surface area contributed by atoms with Crippen molar-refractivity contribution in [2.45, 2.75) is 31.7 Å². The summed E-state index contributed by atoms with van der Waals surface area (Å²) in [6.45, 7) is 1.82. The fraction of sp³-hybridized carbons (Fsp3) is 0.417. The normalized spacial score (nSPS) is 14.4. The molecular weight excluding hydrogens is 228 g/mol. The van der Waals surface area contributed by atoms with E-state index in [2.05, 4.69) is 0 Å². The highest BCUT2D eigenvalue weighted by Gasteiger charge is 2.22. The molecule has 94 valence electrons. The zero-order chi connectivity index (χ0) is 13.0. The molecule has 0 aliphatic heterocycles. The fourth-order valence-corrected chi connectivity index (χ4v) is 1.73. The van der Waals surface area contributed by atoms with Gasteiger partial charge >= 0.3 is 5.97 Å². The molecule has 3 N–H and O–H groups in total. The maximum atomic E-state index is 13.1. The van der Waals surface area contributed by atoms with Gasteiger partial charge in [0.25, 0.3) is 0 Å². The van der Waals surface area contributed by atoms with Crippen molar-refractivity contribution in [1.29, 1.82) is 0 Å². The Balaban J connectivity index is 3.03. The van der Waals surface area contributed by atoms with Crippen LogP contribution in [0.3, 0.4) is 0 Å². The molecule has 0 saturated heterocycles. The Bertz CT molecular complexity index is 409. The van der Waals surface area contributed by atoms with Crippen LogP contribution in [0.15, 0.2) is 18.2 Å². The lowest BCUT2D eigenvalue weighted by Gasteiger charge is -2.21. The highest BCUT2D eigenvalue weighted by molar-refractivity contribution is 5.68. The number of hydrogen-bond donors (Lipinski definition) is 2. The molecule has 0 radical (unpaired) electrons. The van der Waals surface area contributed by atoms with Crippen molar-refractivity contribution < 1.29 is 18.7 Å². The molecule has 0 fully saturated rings. The van der Waals surface area contributed by atoms with Crippen LogP contribution in [-0.2, 0) is 4.79 Å². The third kappa shape index (κ3) is 3.49. The number of carbonyl (C=O) groups is 1. The van der Waals surface area contributed by atoms with Crippen molar-refractivity contribution in [2.75, 3.05) is 0 Å². The first-order valence-corrected chi connectivity index (χ1v) is 5.38. The molecule has 0 bridgehead atoms. The molecule has 2 atom stereocenters. The highest BCUT2D eigenvalue weighted by atomic mass is 19.2. The summed E-state index contributed by atoms with van der Waals surface area (Å²) in [4.78, 5) is 10.7. The second-order valence-corrected chi connectivity index (χ2v) is 3.95. The summed E-state index contributed by atoms with van der Waals surface area (Å²) in [5.74, 6) is -3.45. The predicted octanol–water partition coefficient (Wildman–Crippen LogP) is 2.26. The minimum absolute atomic E-state index is 0.194. The minimum atomic E-state index is -1.01. The summed E-state index contributed by atoms with van der Waals surface area (Å²) in [5.41, 5.74) is 6.22. The number of hydrogen-bond acceptors (Lipinski definition) is 2. The van der Waals surface area contributed by atoms with Gasteiger partial charge in [-0.1, -0.05) is 13.0 Å². The van der Waals surface area contributed by atoms with Gasteiger partial charge in [-0.05, 0) is 24.1 Å². The van der Waals surface area contributed by atoms with E-state index in [1.807, 2.05) is 6.92 Å². The average molecular weight is 243 g/mol. The third-order valence-corrected chi connectivity index (χ3v) is 2.75. The molecule has 3 nitrogen and oxygen atoms in total. The van der Waals surface area contributed by atoms with Crippen molar-refractivity contribution in [3.05, 3.63) is 35.4 Å². The molecular formula is C12H15F2NO2. The summed E-state index contributed by atoms with van der Waals surface area (Å²) >= 11 is 0. The summed E-state index contributed by atoms with van der Waals surface area (Å²) in [5, 5.41) is 8.79. The molecule has 0 saturated carbocycles. The molecule has 2 unspecified atom stereocenters. The van der Waals surface area contributed by atoms with Gasteiger partial charge in [-0.3, -0.25) is 4.79 Å². The van der Waals surface area contributed by atoms with Gasteiger partial charge in [-0.25, -0.2) is 8.78 Å². The molecule has 1 aromatic rings. The lowest BCUT2D eigenvalue weighted by atomic mass is 9.87. The molecule has 0 heterocycles. The Morgan fingerprint density at radius 2 is 2.06 bits per heavy atom. The molecule has 1 rings (SSSR count). The van der Waals surface area contributed by atoms with Gasteiger partial charge in [0.15, 0.2) is 11.6 Å². The lowest BCUT2D eigenvalue weighted by Crippen LogP contribution is -2.29. The Labute approximate surface area is 98.2 Å². The number of halogens is 2. The smallest absolute Gasteiger partial charge is 0.304 e. The molecule has 0 spiro atoms. The first-order valence-electron chi connectivity index (χ1n) is 5.38. The minimum Gasteiger partial charge on any atom is -0.481 e. The third-order valence-electron chi connectivity index (χ3n) is 2.75. The standard InChI is InChI=1S/C12H15F2NO2/c1-2-11(15)8(6-12(16)17)7-3-4-9(13)10(14)5-7/h3-5,8,11H,2,6,15H2,1H3,(H,16,17). The average Bonchev–Trinajstić information content (AvgIpc) is 2.28. The maximum absolute atomic E-state index is 13.1. The first-order chi connectivity index (χ1) is 7.95. The highest BCUT2D eigenvalue weighted by Crippen LogP contribution is 2.25. The molecule has 0 amide bonds. The van der Waals surface area contributed by atoms with E-state index in [1.165, 1.54) is 6.07 Å². The van der Waals surface area contributed by atoms with Crippen LogP contribution < -0.4 is 5.73 Å². The van der Waals surface area contributed by atoms with E-state index in [1.54, 1.807) is 0 Å². The Hall–Kier alpha value is -1.49. The van der Waals surface area contributed by atoms with Gasteiger partial charge in [0, 0.05) is 12.0 Å².